The van der Waals surface area contributed by atoms with Crippen molar-refractivity contribution in [3.8, 4) is 11.1 Å². The van der Waals surface area contributed by atoms with Gasteiger partial charge < -0.3 is 10.4 Å². The molecule has 1 amide bonds. The minimum atomic E-state index is -0.823. The van der Waals surface area contributed by atoms with Gasteiger partial charge in [0.1, 0.15) is 0 Å². The van der Waals surface area contributed by atoms with Crippen molar-refractivity contribution in [3.63, 3.8) is 0 Å². The SMILES string of the molecule is Cn1cc(-c2ccccc2CNC(=O)CCCCC(=O)O)cn1. The molecule has 122 valence electrons. The van der Waals surface area contributed by atoms with E-state index in [0.29, 0.717) is 25.8 Å². The smallest absolute Gasteiger partial charge is 0.303 e. The normalized spacial score (nSPS) is 10.5. The van der Waals surface area contributed by atoms with E-state index in [4.69, 9.17) is 5.11 Å². The molecule has 0 aliphatic heterocycles. The third-order valence-electron chi connectivity index (χ3n) is 3.55. The molecule has 1 heterocycles. The number of benzene rings is 1. The Hall–Kier alpha value is -2.63. The summed E-state index contributed by atoms with van der Waals surface area (Å²) in [6.45, 7) is 0.447. The number of unbranched alkanes of at least 4 members (excludes halogenated alkanes) is 1. The summed E-state index contributed by atoms with van der Waals surface area (Å²) in [4.78, 5) is 22.3. The third kappa shape index (κ3) is 5.25. The summed E-state index contributed by atoms with van der Waals surface area (Å²) >= 11 is 0. The number of carboxylic acid groups (broad SMARTS) is 1. The van der Waals surface area contributed by atoms with Gasteiger partial charge in [0.2, 0.25) is 5.91 Å². The zero-order valence-corrected chi connectivity index (χ0v) is 13.2. The highest BCUT2D eigenvalue weighted by molar-refractivity contribution is 5.76. The molecule has 6 nitrogen and oxygen atoms in total. The Kier molecular flexibility index (Phi) is 5.91. The number of aliphatic carboxylic acids is 1. The first kappa shape index (κ1) is 16.7. The van der Waals surface area contributed by atoms with Gasteiger partial charge in [0.15, 0.2) is 0 Å². The molecule has 0 radical (unpaired) electrons. The molecule has 2 aromatic rings. The molecule has 0 aliphatic rings. The summed E-state index contributed by atoms with van der Waals surface area (Å²) in [5.74, 6) is -0.882. The first-order valence-corrected chi connectivity index (χ1v) is 7.61. The van der Waals surface area contributed by atoms with E-state index in [1.165, 1.54) is 0 Å². The van der Waals surface area contributed by atoms with Gasteiger partial charge in [0.25, 0.3) is 0 Å². The monoisotopic (exact) mass is 315 g/mol. The third-order valence-corrected chi connectivity index (χ3v) is 3.55. The zero-order chi connectivity index (χ0) is 16.7. The Morgan fingerprint density at radius 3 is 2.65 bits per heavy atom. The van der Waals surface area contributed by atoms with Crippen LogP contribution in [0.3, 0.4) is 0 Å². The van der Waals surface area contributed by atoms with Crippen LogP contribution in [0.5, 0.6) is 0 Å². The number of nitrogens with zero attached hydrogens (tertiary/aromatic N) is 2. The molecule has 2 N–H and O–H groups in total. The van der Waals surface area contributed by atoms with Gasteiger partial charge in [-0.25, -0.2) is 0 Å². The highest BCUT2D eigenvalue weighted by atomic mass is 16.4. The molecule has 0 aliphatic carbocycles. The van der Waals surface area contributed by atoms with Crippen LogP contribution in [0, 0.1) is 0 Å². The first-order valence-electron chi connectivity index (χ1n) is 7.61. The average Bonchev–Trinajstić information content (AvgIpc) is 2.96. The molecule has 0 spiro atoms. The van der Waals surface area contributed by atoms with Gasteiger partial charge in [0, 0.05) is 38.2 Å². The number of rotatable bonds is 8. The largest absolute Gasteiger partial charge is 0.481 e. The van der Waals surface area contributed by atoms with Crippen LogP contribution in [0.15, 0.2) is 36.7 Å². The van der Waals surface area contributed by atoms with Crippen LogP contribution in [0.2, 0.25) is 0 Å². The molecular formula is C17H21N3O3. The Morgan fingerprint density at radius 1 is 1.22 bits per heavy atom. The Balaban J connectivity index is 1.88. The molecule has 2 rings (SSSR count). The lowest BCUT2D eigenvalue weighted by Gasteiger charge is -2.09. The van der Waals surface area contributed by atoms with E-state index in [1.807, 2.05) is 37.5 Å². The van der Waals surface area contributed by atoms with Gasteiger partial charge in [-0.2, -0.15) is 5.10 Å². The summed E-state index contributed by atoms with van der Waals surface area (Å²) in [5, 5.41) is 15.6. The summed E-state index contributed by atoms with van der Waals surface area (Å²) in [7, 11) is 1.87. The van der Waals surface area contributed by atoms with E-state index in [1.54, 1.807) is 10.9 Å². The topological polar surface area (TPSA) is 84.2 Å². The number of aryl methyl sites for hydroxylation is 1. The van der Waals surface area contributed by atoms with Crippen LogP contribution >= 0.6 is 0 Å². The maximum absolute atomic E-state index is 11.8. The van der Waals surface area contributed by atoms with E-state index >= 15 is 0 Å². The number of carbonyl (C=O) groups is 2. The Labute approximate surface area is 135 Å². The highest BCUT2D eigenvalue weighted by Crippen LogP contribution is 2.22. The van der Waals surface area contributed by atoms with E-state index in [9.17, 15) is 9.59 Å². The lowest BCUT2D eigenvalue weighted by molar-refractivity contribution is -0.137. The van der Waals surface area contributed by atoms with Gasteiger partial charge in [-0.15, -0.1) is 0 Å². The van der Waals surface area contributed by atoms with Crippen molar-refractivity contribution in [2.75, 3.05) is 0 Å². The molecule has 0 atom stereocenters. The van der Waals surface area contributed by atoms with Crippen LogP contribution < -0.4 is 5.32 Å². The second-order valence-electron chi connectivity index (χ2n) is 5.44. The van der Waals surface area contributed by atoms with Crippen molar-refractivity contribution in [3.05, 3.63) is 42.2 Å². The molecule has 23 heavy (non-hydrogen) atoms. The number of nitrogens with one attached hydrogen (secondary N) is 1. The highest BCUT2D eigenvalue weighted by Gasteiger charge is 2.08. The minimum Gasteiger partial charge on any atom is -0.481 e. The van der Waals surface area contributed by atoms with Crippen LogP contribution in [0.4, 0.5) is 0 Å². The minimum absolute atomic E-state index is 0.0589. The average molecular weight is 315 g/mol. The fourth-order valence-electron chi connectivity index (χ4n) is 2.36. The Bertz CT molecular complexity index is 679. The van der Waals surface area contributed by atoms with Crippen LogP contribution in [-0.2, 0) is 23.2 Å². The number of hydrogen-bond donors (Lipinski definition) is 2. The van der Waals surface area contributed by atoms with Gasteiger partial charge in [-0.1, -0.05) is 24.3 Å². The molecule has 0 saturated carbocycles. The maximum Gasteiger partial charge on any atom is 0.303 e. The lowest BCUT2D eigenvalue weighted by Crippen LogP contribution is -2.22. The lowest BCUT2D eigenvalue weighted by atomic mass is 10.0. The number of carbonyl (C=O) groups excluding carboxylic acids is 1. The number of hydrogen-bond acceptors (Lipinski definition) is 3. The molecular weight excluding hydrogens is 294 g/mol. The van der Waals surface area contributed by atoms with E-state index in [-0.39, 0.29) is 12.3 Å². The van der Waals surface area contributed by atoms with E-state index in [2.05, 4.69) is 10.4 Å². The second kappa shape index (κ2) is 8.12. The van der Waals surface area contributed by atoms with Gasteiger partial charge in [0.05, 0.1) is 6.20 Å². The molecule has 1 aromatic heterocycles. The van der Waals surface area contributed by atoms with Crippen LogP contribution in [0.25, 0.3) is 11.1 Å². The molecule has 1 aromatic carbocycles. The molecule has 6 heteroatoms. The maximum atomic E-state index is 11.8. The fourth-order valence-corrected chi connectivity index (χ4v) is 2.36. The number of carboxylic acids is 1. The zero-order valence-electron chi connectivity index (χ0n) is 13.2. The van der Waals surface area contributed by atoms with Crippen molar-refractivity contribution >= 4 is 11.9 Å². The summed E-state index contributed by atoms with van der Waals surface area (Å²) < 4.78 is 1.74. The van der Waals surface area contributed by atoms with Crippen LogP contribution in [-0.4, -0.2) is 26.8 Å². The predicted octanol–water partition coefficient (Wildman–Crippen LogP) is 2.35. The van der Waals surface area contributed by atoms with Gasteiger partial charge in [-0.3, -0.25) is 14.3 Å². The van der Waals surface area contributed by atoms with Crippen molar-refractivity contribution in [2.45, 2.75) is 32.2 Å². The van der Waals surface area contributed by atoms with E-state index < -0.39 is 5.97 Å². The van der Waals surface area contributed by atoms with E-state index in [0.717, 1.165) is 16.7 Å². The molecule has 0 unspecified atom stereocenters. The van der Waals surface area contributed by atoms with Crippen molar-refractivity contribution < 1.29 is 14.7 Å². The van der Waals surface area contributed by atoms with Gasteiger partial charge >= 0.3 is 5.97 Å². The Morgan fingerprint density at radius 2 is 1.96 bits per heavy atom. The second-order valence-corrected chi connectivity index (χ2v) is 5.44. The van der Waals surface area contributed by atoms with Gasteiger partial charge in [-0.05, 0) is 24.0 Å². The van der Waals surface area contributed by atoms with Crippen LogP contribution in [0.1, 0.15) is 31.2 Å². The molecule has 0 fully saturated rings. The summed E-state index contributed by atoms with van der Waals surface area (Å²) in [6.07, 6.45) is 5.30. The molecule has 0 saturated heterocycles. The van der Waals surface area contributed by atoms with Crippen molar-refractivity contribution in [1.82, 2.24) is 15.1 Å². The van der Waals surface area contributed by atoms with Crippen molar-refractivity contribution in [1.29, 1.82) is 0 Å². The standard InChI is InChI=1S/C17H21N3O3/c1-20-12-14(11-19-20)15-7-3-2-6-13(15)10-18-16(21)8-4-5-9-17(22)23/h2-3,6-7,11-12H,4-5,8-10H2,1H3,(H,18,21)(H,22,23). The number of aromatic nitrogens is 2. The fraction of sp³-hybridized carbons (Fsp3) is 0.353. The predicted molar refractivity (Wildman–Crippen MR) is 86.6 cm³/mol. The molecule has 0 bridgehead atoms. The quantitative estimate of drug-likeness (QED) is 0.732. The summed E-state index contributed by atoms with van der Waals surface area (Å²) in [5.41, 5.74) is 3.09. The van der Waals surface area contributed by atoms with Crippen molar-refractivity contribution in [2.24, 2.45) is 7.05 Å². The summed E-state index contributed by atoms with van der Waals surface area (Å²) in [6, 6.07) is 7.88. The first-order chi connectivity index (χ1) is 11.1. The number of amides is 1.